The molecule has 2 aromatic carbocycles. The Labute approximate surface area is 282 Å². The lowest BCUT2D eigenvalue weighted by molar-refractivity contribution is -0.0907. The zero-order chi connectivity index (χ0) is 34.3. The first kappa shape index (κ1) is 35.6. The zero-order valence-electron chi connectivity index (χ0n) is 27.7. The van der Waals surface area contributed by atoms with Crippen molar-refractivity contribution in [2.75, 3.05) is 33.4 Å². The van der Waals surface area contributed by atoms with E-state index in [4.69, 9.17) is 23.7 Å². The van der Waals surface area contributed by atoms with Crippen LogP contribution in [0.1, 0.15) is 44.4 Å². The maximum absolute atomic E-state index is 13.9. The number of hydrogen-bond acceptors (Lipinski definition) is 10. The molecular formula is C35H45N3O9S. The van der Waals surface area contributed by atoms with E-state index in [1.807, 2.05) is 44.2 Å². The number of aromatic nitrogens is 1. The minimum atomic E-state index is -3.94. The van der Waals surface area contributed by atoms with Crippen LogP contribution in [0.5, 0.6) is 11.6 Å². The molecule has 0 aliphatic carbocycles. The molecule has 0 saturated carbocycles. The van der Waals surface area contributed by atoms with Gasteiger partial charge in [0.2, 0.25) is 15.9 Å². The second-order valence-electron chi connectivity index (χ2n) is 12.7. The van der Waals surface area contributed by atoms with Gasteiger partial charge in [0.25, 0.3) is 0 Å². The quantitative estimate of drug-likeness (QED) is 0.234. The molecule has 0 spiro atoms. The van der Waals surface area contributed by atoms with Crippen LogP contribution < -0.4 is 14.8 Å². The number of aliphatic hydroxyl groups excluding tert-OH is 1. The van der Waals surface area contributed by atoms with E-state index >= 15 is 0 Å². The average Bonchev–Trinajstić information content (AvgIpc) is 3.71. The third kappa shape index (κ3) is 8.83. The highest BCUT2D eigenvalue weighted by Gasteiger charge is 2.44. The number of carbonyl (C=O) groups excluding carboxylic acids is 1. The number of carbonyl (C=O) groups is 1. The van der Waals surface area contributed by atoms with Crippen LogP contribution in [-0.2, 0) is 30.8 Å². The Bertz CT molecular complexity index is 1570. The van der Waals surface area contributed by atoms with Crippen LogP contribution in [0.3, 0.4) is 0 Å². The fourth-order valence-electron chi connectivity index (χ4n) is 5.99. The molecular weight excluding hydrogens is 638 g/mol. The zero-order valence-corrected chi connectivity index (χ0v) is 28.5. The Kier molecular flexibility index (Phi) is 11.9. The number of amides is 1. The highest BCUT2D eigenvalue weighted by molar-refractivity contribution is 7.89. The van der Waals surface area contributed by atoms with Gasteiger partial charge < -0.3 is 34.1 Å². The first-order valence-electron chi connectivity index (χ1n) is 16.2. The molecule has 5 rings (SSSR count). The van der Waals surface area contributed by atoms with Crippen molar-refractivity contribution in [3.8, 4) is 11.6 Å². The summed E-state index contributed by atoms with van der Waals surface area (Å²) in [7, 11) is -2.42. The monoisotopic (exact) mass is 683 g/mol. The number of benzene rings is 2. The van der Waals surface area contributed by atoms with Gasteiger partial charge in [-0.3, -0.25) is 0 Å². The molecule has 2 aliphatic heterocycles. The highest BCUT2D eigenvalue weighted by Crippen LogP contribution is 2.33. The number of methoxy groups -OCH3 is 1. The van der Waals surface area contributed by atoms with E-state index in [0.717, 1.165) is 5.56 Å². The van der Waals surface area contributed by atoms with Crippen LogP contribution in [-0.4, -0.2) is 80.8 Å². The lowest BCUT2D eigenvalue weighted by atomic mass is 9.92. The number of aliphatic hydroxyl groups is 1. The maximum atomic E-state index is 13.9. The number of hydrogen-bond donors (Lipinski definition) is 2. The van der Waals surface area contributed by atoms with Gasteiger partial charge in [0, 0.05) is 30.9 Å². The minimum absolute atomic E-state index is 0.00287. The molecule has 1 unspecified atom stereocenters. The number of rotatable bonds is 15. The highest BCUT2D eigenvalue weighted by atomic mass is 32.2. The molecule has 3 aromatic rings. The van der Waals surface area contributed by atoms with E-state index in [9.17, 15) is 18.3 Å². The van der Waals surface area contributed by atoms with Gasteiger partial charge in [-0.25, -0.2) is 18.2 Å². The SMILES string of the molecule is COc1ccc(S(=O)(=O)N(CC(C)C)C[C@@H](C)[C@@H](NC(=O)O[C@H]2CO[C@H]3OCC[C@H]32)C(O)c2ccc(OCc3ccccc3)nc2)cc1. The van der Waals surface area contributed by atoms with E-state index < -0.39 is 46.6 Å². The Hall–Kier alpha value is -3.75. The van der Waals surface area contributed by atoms with Gasteiger partial charge in [-0.1, -0.05) is 51.1 Å². The molecule has 3 heterocycles. The molecule has 1 amide bonds. The third-order valence-corrected chi connectivity index (χ3v) is 10.4. The van der Waals surface area contributed by atoms with Crippen molar-refractivity contribution in [2.45, 2.75) is 63.2 Å². The van der Waals surface area contributed by atoms with E-state index in [-0.39, 0.29) is 36.4 Å². The smallest absolute Gasteiger partial charge is 0.407 e. The predicted molar refractivity (Wildman–Crippen MR) is 177 cm³/mol. The molecule has 2 fully saturated rings. The molecule has 0 radical (unpaired) electrons. The Morgan fingerprint density at radius 1 is 1.04 bits per heavy atom. The summed E-state index contributed by atoms with van der Waals surface area (Å²) in [5, 5.41) is 14.5. The van der Waals surface area contributed by atoms with Crippen molar-refractivity contribution in [1.29, 1.82) is 0 Å². The first-order valence-corrected chi connectivity index (χ1v) is 17.6. The van der Waals surface area contributed by atoms with Crippen molar-refractivity contribution in [1.82, 2.24) is 14.6 Å². The summed E-state index contributed by atoms with van der Waals surface area (Å²) >= 11 is 0. The molecule has 0 bridgehead atoms. The summed E-state index contributed by atoms with van der Waals surface area (Å²) in [5.74, 6) is 0.270. The summed E-state index contributed by atoms with van der Waals surface area (Å²) in [6, 6.07) is 18.3. The number of ether oxygens (including phenoxy) is 5. The average molecular weight is 684 g/mol. The summed E-state index contributed by atoms with van der Waals surface area (Å²) in [6.07, 6.45) is -0.691. The molecule has 12 nitrogen and oxygen atoms in total. The van der Waals surface area contributed by atoms with E-state index in [2.05, 4.69) is 10.3 Å². The third-order valence-electron chi connectivity index (χ3n) is 8.57. The van der Waals surface area contributed by atoms with Crippen molar-refractivity contribution in [3.63, 3.8) is 0 Å². The standard InChI is InChI=1S/C35H45N3O9S/c1-23(2)19-38(48(41,42)28-13-11-27(43-4)12-14-28)20-24(3)32(37-35(40)47-30-22-46-34-29(30)16-17-44-34)33(39)26-10-15-31(36-18-26)45-21-25-8-6-5-7-9-25/h5-15,18,23-24,29-30,32-34,39H,16-17,19-22H2,1-4H3,(H,37,40)/t24-,29+,30+,32-,33?,34-/m1/s1. The molecule has 2 saturated heterocycles. The second kappa shape index (κ2) is 16.1. The van der Waals surface area contributed by atoms with E-state index in [1.54, 1.807) is 31.2 Å². The van der Waals surface area contributed by atoms with Gasteiger partial charge >= 0.3 is 6.09 Å². The van der Waals surface area contributed by atoms with Crippen LogP contribution in [0.2, 0.25) is 0 Å². The summed E-state index contributed by atoms with van der Waals surface area (Å²) < 4.78 is 57.1. The van der Waals surface area contributed by atoms with Gasteiger partial charge in [-0.15, -0.1) is 0 Å². The van der Waals surface area contributed by atoms with Crippen molar-refractivity contribution in [3.05, 3.63) is 84.1 Å². The first-order chi connectivity index (χ1) is 23.0. The summed E-state index contributed by atoms with van der Waals surface area (Å²) in [6.45, 7) is 6.95. The molecule has 260 valence electrons. The lowest BCUT2D eigenvalue weighted by Gasteiger charge is -2.34. The molecule has 48 heavy (non-hydrogen) atoms. The topological polar surface area (TPSA) is 146 Å². The van der Waals surface area contributed by atoms with E-state index in [1.165, 1.54) is 29.7 Å². The molecule has 1 aromatic heterocycles. The Morgan fingerprint density at radius 3 is 2.46 bits per heavy atom. The van der Waals surface area contributed by atoms with Gasteiger partial charge in [0.15, 0.2) is 6.29 Å². The Morgan fingerprint density at radius 2 is 1.79 bits per heavy atom. The van der Waals surface area contributed by atoms with E-state index in [0.29, 0.717) is 36.8 Å². The summed E-state index contributed by atoms with van der Waals surface area (Å²) in [4.78, 5) is 17.8. The van der Waals surface area contributed by atoms with Crippen LogP contribution in [0, 0.1) is 17.8 Å². The van der Waals surface area contributed by atoms with Crippen LogP contribution >= 0.6 is 0 Å². The fourth-order valence-corrected chi connectivity index (χ4v) is 7.69. The molecule has 2 N–H and O–H groups in total. The van der Waals surface area contributed by atoms with Gasteiger partial charge in [-0.2, -0.15) is 4.31 Å². The molecule has 2 aliphatic rings. The molecule has 13 heteroatoms. The predicted octanol–water partition coefficient (Wildman–Crippen LogP) is 4.54. The number of nitrogens with zero attached hydrogens (tertiary/aromatic N) is 2. The Balaban J connectivity index is 1.35. The van der Waals surface area contributed by atoms with Crippen LogP contribution in [0.25, 0.3) is 0 Å². The number of fused-ring (bicyclic) bond motifs is 1. The summed E-state index contributed by atoms with van der Waals surface area (Å²) in [5.41, 5.74) is 1.40. The van der Waals surface area contributed by atoms with Crippen molar-refractivity contribution >= 4 is 16.1 Å². The molecule has 6 atom stereocenters. The fraction of sp³-hybridized carbons (Fsp3) is 0.486. The van der Waals surface area contributed by atoms with Gasteiger partial charge in [0.05, 0.1) is 37.2 Å². The number of alkyl carbamates (subject to hydrolysis) is 1. The normalized spacial score (nSPS) is 21.0. The van der Waals surface area contributed by atoms with Crippen LogP contribution in [0.15, 0.2) is 77.8 Å². The van der Waals surface area contributed by atoms with Crippen molar-refractivity contribution < 1.29 is 42.0 Å². The number of sulfonamides is 1. The van der Waals surface area contributed by atoms with Gasteiger partial charge in [0.1, 0.15) is 24.6 Å². The maximum Gasteiger partial charge on any atom is 0.407 e. The van der Waals surface area contributed by atoms with Crippen molar-refractivity contribution in [2.24, 2.45) is 17.8 Å². The second-order valence-corrected chi connectivity index (χ2v) is 14.6. The van der Waals surface area contributed by atoms with Gasteiger partial charge in [-0.05, 0) is 54.2 Å². The largest absolute Gasteiger partial charge is 0.497 e. The number of nitrogens with one attached hydrogen (secondary N) is 1. The lowest BCUT2D eigenvalue weighted by Crippen LogP contribution is -2.49. The van der Waals surface area contributed by atoms with Crippen LogP contribution in [0.4, 0.5) is 4.79 Å². The minimum Gasteiger partial charge on any atom is -0.497 e. The number of pyridine rings is 1.